The maximum atomic E-state index is 14.6. The van der Waals surface area contributed by atoms with Gasteiger partial charge in [-0.3, -0.25) is 13.9 Å². The van der Waals surface area contributed by atoms with Crippen LogP contribution in [-0.2, 0) is 32.6 Å². The minimum absolute atomic E-state index is 0.0455. The molecule has 4 aromatic rings. The second-order valence-electron chi connectivity index (χ2n) is 11.8. The molecule has 4 aromatic carbocycles. The van der Waals surface area contributed by atoms with Gasteiger partial charge in [0.05, 0.1) is 10.6 Å². The minimum Gasteiger partial charge on any atom is -0.352 e. The predicted octanol–water partition coefficient (Wildman–Crippen LogP) is 7.28. The summed E-state index contributed by atoms with van der Waals surface area (Å²) in [6, 6.07) is 25.0. The molecule has 0 saturated heterocycles. The summed E-state index contributed by atoms with van der Waals surface area (Å²) in [4.78, 5) is 29.9. The SMILES string of the molecule is Cc1ccc(S(=O)(=O)N(CC(=O)N(Cc2c(Cl)cccc2Cl)[C@H](Cc2ccccc2)C(=O)NC(C)C)c2cc(C)cc(C)c2)cc1. The molecule has 4 rings (SSSR count). The van der Waals surface area contributed by atoms with Gasteiger partial charge in [0, 0.05) is 34.6 Å². The van der Waals surface area contributed by atoms with Crippen molar-refractivity contribution in [2.45, 2.75) is 64.6 Å². The van der Waals surface area contributed by atoms with Crippen molar-refractivity contribution in [2.24, 2.45) is 0 Å². The van der Waals surface area contributed by atoms with Crippen molar-refractivity contribution in [1.82, 2.24) is 10.2 Å². The highest BCUT2D eigenvalue weighted by Crippen LogP contribution is 2.30. The Hall–Kier alpha value is -3.85. The molecule has 0 spiro atoms. The van der Waals surface area contributed by atoms with E-state index < -0.39 is 28.5 Å². The van der Waals surface area contributed by atoms with Crippen molar-refractivity contribution in [3.8, 4) is 0 Å². The Morgan fingerprint density at radius 1 is 0.783 bits per heavy atom. The number of anilines is 1. The van der Waals surface area contributed by atoms with Crippen LogP contribution in [-0.4, -0.2) is 43.8 Å². The highest BCUT2D eigenvalue weighted by Gasteiger charge is 2.35. The Morgan fingerprint density at radius 2 is 1.37 bits per heavy atom. The summed E-state index contributed by atoms with van der Waals surface area (Å²) in [5, 5.41) is 3.59. The zero-order valence-corrected chi connectivity index (χ0v) is 29.0. The predicted molar refractivity (Wildman–Crippen MR) is 186 cm³/mol. The van der Waals surface area contributed by atoms with Crippen LogP contribution >= 0.6 is 23.2 Å². The number of sulfonamides is 1. The van der Waals surface area contributed by atoms with E-state index in [-0.39, 0.29) is 29.8 Å². The standard InChI is InChI=1S/C36H39Cl2N3O4S/c1-24(2)39-36(43)34(21-28-10-7-6-8-11-28)40(22-31-32(37)12-9-13-33(31)38)35(42)23-41(29-19-26(4)18-27(5)20-29)46(44,45)30-16-14-25(3)15-17-30/h6-20,24,34H,21-23H2,1-5H3,(H,39,43)/t34-/m1/s1. The van der Waals surface area contributed by atoms with Crippen LogP contribution < -0.4 is 9.62 Å². The number of halogens is 2. The van der Waals surface area contributed by atoms with E-state index in [4.69, 9.17) is 23.2 Å². The number of nitrogens with zero attached hydrogens (tertiary/aromatic N) is 2. The van der Waals surface area contributed by atoms with E-state index in [1.165, 1.54) is 17.0 Å². The number of benzene rings is 4. The first-order valence-electron chi connectivity index (χ1n) is 15.0. The van der Waals surface area contributed by atoms with E-state index in [1.807, 2.05) is 71.0 Å². The van der Waals surface area contributed by atoms with Gasteiger partial charge < -0.3 is 10.2 Å². The molecule has 0 aromatic heterocycles. The molecule has 0 aliphatic rings. The highest BCUT2D eigenvalue weighted by molar-refractivity contribution is 7.92. The lowest BCUT2D eigenvalue weighted by Gasteiger charge is -2.34. The van der Waals surface area contributed by atoms with E-state index >= 15 is 0 Å². The molecule has 242 valence electrons. The van der Waals surface area contributed by atoms with E-state index in [0.29, 0.717) is 21.3 Å². The van der Waals surface area contributed by atoms with Gasteiger partial charge in [-0.2, -0.15) is 0 Å². The van der Waals surface area contributed by atoms with E-state index in [0.717, 1.165) is 26.6 Å². The number of hydrogen-bond acceptors (Lipinski definition) is 4. The number of rotatable bonds is 12. The monoisotopic (exact) mass is 679 g/mol. The zero-order valence-electron chi connectivity index (χ0n) is 26.6. The fourth-order valence-electron chi connectivity index (χ4n) is 5.25. The molecule has 7 nitrogen and oxygen atoms in total. The molecule has 1 atom stereocenters. The summed E-state index contributed by atoms with van der Waals surface area (Å²) < 4.78 is 29.6. The van der Waals surface area contributed by atoms with Gasteiger partial charge in [0.2, 0.25) is 11.8 Å². The number of hydrogen-bond donors (Lipinski definition) is 1. The summed E-state index contributed by atoms with van der Waals surface area (Å²) in [7, 11) is -4.21. The van der Waals surface area contributed by atoms with Gasteiger partial charge in [-0.1, -0.05) is 83.4 Å². The maximum absolute atomic E-state index is 14.6. The van der Waals surface area contributed by atoms with Crippen molar-refractivity contribution >= 4 is 50.7 Å². The molecular formula is C36H39Cl2N3O4S. The van der Waals surface area contributed by atoms with Crippen LogP contribution in [0.2, 0.25) is 10.0 Å². The third-order valence-electron chi connectivity index (χ3n) is 7.47. The average Bonchev–Trinajstić information content (AvgIpc) is 2.98. The molecule has 2 amide bonds. The first-order chi connectivity index (χ1) is 21.8. The van der Waals surface area contributed by atoms with Gasteiger partial charge in [-0.25, -0.2) is 8.42 Å². The van der Waals surface area contributed by atoms with Crippen molar-refractivity contribution in [3.63, 3.8) is 0 Å². The lowest BCUT2D eigenvalue weighted by atomic mass is 10.0. The second-order valence-corrected chi connectivity index (χ2v) is 14.4. The molecule has 46 heavy (non-hydrogen) atoms. The van der Waals surface area contributed by atoms with Crippen LogP contribution in [0.1, 0.15) is 41.7 Å². The largest absolute Gasteiger partial charge is 0.352 e. The summed E-state index contributed by atoms with van der Waals surface area (Å²) in [6.07, 6.45) is 0.182. The van der Waals surface area contributed by atoms with Crippen LogP contribution in [0.3, 0.4) is 0 Å². The first kappa shape index (κ1) is 35.0. The van der Waals surface area contributed by atoms with Crippen LogP contribution in [0.5, 0.6) is 0 Å². The minimum atomic E-state index is -4.21. The Balaban J connectivity index is 1.86. The van der Waals surface area contributed by atoms with Crippen LogP contribution in [0, 0.1) is 20.8 Å². The van der Waals surface area contributed by atoms with Crippen LogP contribution in [0.4, 0.5) is 5.69 Å². The van der Waals surface area contributed by atoms with Crippen molar-refractivity contribution in [3.05, 3.63) is 129 Å². The Labute approximate surface area is 282 Å². The van der Waals surface area contributed by atoms with E-state index in [2.05, 4.69) is 5.32 Å². The molecule has 0 bridgehead atoms. The summed E-state index contributed by atoms with van der Waals surface area (Å²) in [6.45, 7) is 8.59. The summed E-state index contributed by atoms with van der Waals surface area (Å²) >= 11 is 13.2. The molecule has 1 N–H and O–H groups in total. The van der Waals surface area contributed by atoms with Gasteiger partial charge in [0.15, 0.2) is 0 Å². The lowest BCUT2D eigenvalue weighted by molar-refractivity contribution is -0.140. The molecular weight excluding hydrogens is 641 g/mol. The quantitative estimate of drug-likeness (QED) is 0.171. The maximum Gasteiger partial charge on any atom is 0.264 e. The van der Waals surface area contributed by atoms with Gasteiger partial charge in [0.1, 0.15) is 12.6 Å². The van der Waals surface area contributed by atoms with Crippen LogP contribution in [0.25, 0.3) is 0 Å². The first-order valence-corrected chi connectivity index (χ1v) is 17.2. The number of carbonyl (C=O) groups is 2. The van der Waals surface area contributed by atoms with Gasteiger partial charge in [0.25, 0.3) is 10.0 Å². The van der Waals surface area contributed by atoms with Gasteiger partial charge in [-0.15, -0.1) is 0 Å². The number of aryl methyl sites for hydroxylation is 3. The lowest BCUT2D eigenvalue weighted by Crippen LogP contribution is -2.54. The fraction of sp³-hybridized carbons (Fsp3) is 0.278. The zero-order chi connectivity index (χ0) is 33.6. The fourth-order valence-corrected chi connectivity index (χ4v) is 7.16. The summed E-state index contributed by atoms with van der Waals surface area (Å²) in [5.41, 5.74) is 4.19. The molecule has 0 unspecified atom stereocenters. The highest BCUT2D eigenvalue weighted by atomic mass is 35.5. The third-order valence-corrected chi connectivity index (χ3v) is 9.97. The smallest absolute Gasteiger partial charge is 0.264 e. The molecule has 0 radical (unpaired) electrons. The Morgan fingerprint density at radius 3 is 1.93 bits per heavy atom. The molecule has 0 fully saturated rings. The normalized spacial score (nSPS) is 12.1. The molecule has 10 heteroatoms. The van der Waals surface area contributed by atoms with Gasteiger partial charge in [-0.05, 0) is 87.7 Å². The van der Waals surface area contributed by atoms with Crippen molar-refractivity contribution in [1.29, 1.82) is 0 Å². The van der Waals surface area contributed by atoms with Gasteiger partial charge >= 0.3 is 0 Å². The number of amides is 2. The van der Waals surface area contributed by atoms with E-state index in [1.54, 1.807) is 42.5 Å². The van der Waals surface area contributed by atoms with Crippen molar-refractivity contribution in [2.75, 3.05) is 10.8 Å². The number of carbonyl (C=O) groups excluding carboxylic acids is 2. The number of nitrogens with one attached hydrogen (secondary N) is 1. The van der Waals surface area contributed by atoms with Crippen molar-refractivity contribution < 1.29 is 18.0 Å². The average molecular weight is 681 g/mol. The molecule has 0 heterocycles. The molecule has 0 aliphatic carbocycles. The second kappa shape index (κ2) is 15.2. The topological polar surface area (TPSA) is 86.8 Å². The Kier molecular flexibility index (Phi) is 11.5. The molecule has 0 saturated carbocycles. The van der Waals surface area contributed by atoms with Crippen LogP contribution in [0.15, 0.2) is 95.9 Å². The summed E-state index contributed by atoms with van der Waals surface area (Å²) in [5.74, 6) is -0.972. The van der Waals surface area contributed by atoms with E-state index in [9.17, 15) is 18.0 Å². The Bertz CT molecular complexity index is 1760. The molecule has 0 aliphatic heterocycles. The third kappa shape index (κ3) is 8.69.